The molecular weight excluding hydrogens is 252 g/mol. The average molecular weight is 261 g/mol. The van der Waals surface area contributed by atoms with Crippen molar-refractivity contribution in [1.29, 1.82) is 0 Å². The largest absolute Gasteiger partial charge is 0.437 e. The van der Waals surface area contributed by atoms with Crippen LogP contribution in [0.25, 0.3) is 11.0 Å². The Labute approximate surface area is 106 Å². The average Bonchev–Trinajstić information content (AvgIpc) is 2.69. The van der Waals surface area contributed by atoms with Gasteiger partial charge in [-0.2, -0.15) is 4.39 Å². The van der Waals surface area contributed by atoms with Crippen LogP contribution < -0.4 is 11.1 Å². The molecule has 96 valence electrons. The van der Waals surface area contributed by atoms with Crippen molar-refractivity contribution in [2.45, 2.75) is 0 Å². The van der Waals surface area contributed by atoms with Gasteiger partial charge in [0.15, 0.2) is 5.58 Å². The van der Waals surface area contributed by atoms with Crippen LogP contribution in [0, 0.1) is 11.8 Å². The van der Waals surface area contributed by atoms with Crippen LogP contribution in [0.1, 0.15) is 0 Å². The first kappa shape index (κ1) is 11.5. The van der Waals surface area contributed by atoms with Crippen LogP contribution >= 0.6 is 0 Å². The lowest BCUT2D eigenvalue weighted by Crippen LogP contribution is -1.93. The van der Waals surface area contributed by atoms with Crippen molar-refractivity contribution >= 4 is 28.2 Å². The van der Waals surface area contributed by atoms with Crippen LogP contribution in [-0.4, -0.2) is 4.98 Å². The molecule has 0 bridgehead atoms. The summed E-state index contributed by atoms with van der Waals surface area (Å²) in [5.74, 6) is -0.854. The summed E-state index contributed by atoms with van der Waals surface area (Å²) in [6, 6.07) is 6.93. The molecule has 2 heterocycles. The molecule has 0 amide bonds. The number of nitrogens with two attached hydrogens (primary N) is 1. The second-order valence-electron chi connectivity index (χ2n) is 3.98. The SMILES string of the molecule is Nc1oc2cnc(F)cc2c1Nc1ccc(F)cc1. The van der Waals surface area contributed by atoms with E-state index < -0.39 is 5.95 Å². The van der Waals surface area contributed by atoms with Gasteiger partial charge in [0.2, 0.25) is 11.8 Å². The first-order chi connectivity index (χ1) is 9.13. The molecule has 1 aromatic carbocycles. The van der Waals surface area contributed by atoms with E-state index in [-0.39, 0.29) is 11.7 Å². The van der Waals surface area contributed by atoms with Crippen molar-refractivity contribution in [3.63, 3.8) is 0 Å². The normalized spacial score (nSPS) is 10.8. The fourth-order valence-electron chi connectivity index (χ4n) is 1.80. The number of nitrogen functional groups attached to an aromatic ring is 1. The molecule has 2 aromatic heterocycles. The maximum Gasteiger partial charge on any atom is 0.215 e. The van der Waals surface area contributed by atoms with Crippen LogP contribution in [0.15, 0.2) is 40.9 Å². The first-order valence-electron chi connectivity index (χ1n) is 5.49. The summed E-state index contributed by atoms with van der Waals surface area (Å²) in [5.41, 5.74) is 7.16. The van der Waals surface area contributed by atoms with Crippen LogP contribution in [0.5, 0.6) is 0 Å². The van der Waals surface area contributed by atoms with Gasteiger partial charge in [0, 0.05) is 11.8 Å². The Morgan fingerprint density at radius 3 is 2.63 bits per heavy atom. The predicted molar refractivity (Wildman–Crippen MR) is 68.1 cm³/mol. The molecule has 0 saturated carbocycles. The smallest absolute Gasteiger partial charge is 0.215 e. The van der Waals surface area contributed by atoms with Crippen molar-refractivity contribution in [2.75, 3.05) is 11.1 Å². The minimum atomic E-state index is -0.629. The van der Waals surface area contributed by atoms with E-state index in [2.05, 4.69) is 10.3 Å². The van der Waals surface area contributed by atoms with Crippen molar-refractivity contribution in [3.8, 4) is 0 Å². The van der Waals surface area contributed by atoms with E-state index in [4.69, 9.17) is 10.2 Å². The Balaban J connectivity index is 2.06. The van der Waals surface area contributed by atoms with Gasteiger partial charge in [0.25, 0.3) is 0 Å². The van der Waals surface area contributed by atoms with E-state index in [1.807, 2.05) is 0 Å². The number of pyridine rings is 1. The maximum atomic E-state index is 13.1. The number of furan rings is 1. The minimum Gasteiger partial charge on any atom is -0.437 e. The third kappa shape index (κ3) is 2.08. The third-order valence-corrected chi connectivity index (χ3v) is 2.68. The summed E-state index contributed by atoms with van der Waals surface area (Å²) in [6.45, 7) is 0. The number of fused-ring (bicyclic) bond motifs is 1. The van der Waals surface area contributed by atoms with Gasteiger partial charge in [-0.15, -0.1) is 0 Å². The van der Waals surface area contributed by atoms with Gasteiger partial charge in [0.1, 0.15) is 11.5 Å². The molecule has 0 aliphatic rings. The molecule has 0 unspecified atom stereocenters. The number of benzene rings is 1. The van der Waals surface area contributed by atoms with Gasteiger partial charge in [-0.05, 0) is 24.3 Å². The molecule has 0 spiro atoms. The highest BCUT2D eigenvalue weighted by Gasteiger charge is 2.13. The minimum absolute atomic E-state index is 0.117. The van der Waals surface area contributed by atoms with Crippen molar-refractivity contribution in [2.24, 2.45) is 0 Å². The molecule has 0 fully saturated rings. The molecule has 19 heavy (non-hydrogen) atoms. The maximum absolute atomic E-state index is 13.1. The standard InChI is InChI=1S/C13H9F2N3O/c14-7-1-3-8(4-2-7)18-12-9-5-11(15)17-6-10(9)19-13(12)16/h1-6,18H,16H2. The Hall–Kier alpha value is -2.63. The van der Waals surface area contributed by atoms with Gasteiger partial charge >= 0.3 is 0 Å². The van der Waals surface area contributed by atoms with E-state index in [9.17, 15) is 8.78 Å². The number of rotatable bonds is 2. The fourth-order valence-corrected chi connectivity index (χ4v) is 1.80. The summed E-state index contributed by atoms with van der Waals surface area (Å²) < 4.78 is 31.2. The second-order valence-corrected chi connectivity index (χ2v) is 3.98. The molecule has 0 aliphatic carbocycles. The molecule has 3 N–H and O–H groups in total. The van der Waals surface area contributed by atoms with Gasteiger partial charge in [-0.3, -0.25) is 0 Å². The fraction of sp³-hybridized carbons (Fsp3) is 0. The molecular formula is C13H9F2N3O. The summed E-state index contributed by atoms with van der Waals surface area (Å²) in [4.78, 5) is 3.49. The zero-order chi connectivity index (χ0) is 13.4. The molecule has 3 rings (SSSR count). The van der Waals surface area contributed by atoms with E-state index in [1.54, 1.807) is 12.1 Å². The topological polar surface area (TPSA) is 64.1 Å². The van der Waals surface area contributed by atoms with Crippen LogP contribution in [-0.2, 0) is 0 Å². The van der Waals surface area contributed by atoms with Crippen LogP contribution in [0.2, 0.25) is 0 Å². The van der Waals surface area contributed by atoms with Crippen LogP contribution in [0.4, 0.5) is 26.0 Å². The predicted octanol–water partition coefficient (Wildman–Crippen LogP) is 3.43. The van der Waals surface area contributed by atoms with E-state index in [1.165, 1.54) is 24.4 Å². The Morgan fingerprint density at radius 1 is 1.16 bits per heavy atom. The number of nitrogens with zero attached hydrogens (tertiary/aromatic N) is 1. The highest BCUT2D eigenvalue weighted by atomic mass is 19.1. The Morgan fingerprint density at radius 2 is 1.89 bits per heavy atom. The molecule has 0 atom stereocenters. The number of nitrogens with one attached hydrogen (secondary N) is 1. The van der Waals surface area contributed by atoms with Gasteiger partial charge < -0.3 is 15.5 Å². The number of anilines is 3. The highest BCUT2D eigenvalue weighted by Crippen LogP contribution is 2.34. The lowest BCUT2D eigenvalue weighted by Gasteiger charge is -2.04. The summed E-state index contributed by atoms with van der Waals surface area (Å²) in [6.07, 6.45) is 1.26. The summed E-state index contributed by atoms with van der Waals surface area (Å²) >= 11 is 0. The molecule has 0 radical (unpaired) electrons. The lowest BCUT2D eigenvalue weighted by molar-refractivity contribution is 0.580. The number of aromatic nitrogens is 1. The van der Waals surface area contributed by atoms with Gasteiger partial charge in [-0.1, -0.05) is 0 Å². The molecule has 6 heteroatoms. The summed E-state index contributed by atoms with van der Waals surface area (Å²) in [5, 5.41) is 3.45. The van der Waals surface area contributed by atoms with Gasteiger partial charge in [0.05, 0.1) is 11.6 Å². The highest BCUT2D eigenvalue weighted by molar-refractivity contribution is 5.97. The second kappa shape index (κ2) is 4.24. The number of hydrogen-bond donors (Lipinski definition) is 2. The Bertz CT molecular complexity index is 737. The van der Waals surface area contributed by atoms with E-state index in [0.29, 0.717) is 22.3 Å². The van der Waals surface area contributed by atoms with Crippen LogP contribution in [0.3, 0.4) is 0 Å². The van der Waals surface area contributed by atoms with E-state index in [0.717, 1.165) is 0 Å². The molecule has 0 aliphatic heterocycles. The Kier molecular flexibility index (Phi) is 2.56. The monoisotopic (exact) mass is 261 g/mol. The molecule has 3 aromatic rings. The zero-order valence-electron chi connectivity index (χ0n) is 9.65. The first-order valence-corrected chi connectivity index (χ1v) is 5.49. The van der Waals surface area contributed by atoms with Crippen molar-refractivity contribution in [1.82, 2.24) is 4.98 Å². The third-order valence-electron chi connectivity index (χ3n) is 2.68. The van der Waals surface area contributed by atoms with Crippen molar-refractivity contribution in [3.05, 3.63) is 48.3 Å². The number of halogens is 2. The summed E-state index contributed by atoms with van der Waals surface area (Å²) in [7, 11) is 0. The lowest BCUT2D eigenvalue weighted by atomic mass is 10.2. The molecule has 0 saturated heterocycles. The quantitative estimate of drug-likeness (QED) is 0.694. The van der Waals surface area contributed by atoms with E-state index >= 15 is 0 Å². The number of hydrogen-bond acceptors (Lipinski definition) is 4. The van der Waals surface area contributed by atoms with Crippen molar-refractivity contribution < 1.29 is 13.2 Å². The van der Waals surface area contributed by atoms with Gasteiger partial charge in [-0.25, -0.2) is 9.37 Å². The molecule has 4 nitrogen and oxygen atoms in total. The zero-order valence-corrected chi connectivity index (χ0v) is 9.65.